The Labute approximate surface area is 328 Å². The zero-order chi connectivity index (χ0) is 37.3. The Morgan fingerprint density at radius 1 is 0.778 bits per heavy atom. The number of nitrogens with two attached hydrogens (primary N) is 1. The molecule has 0 fully saturated rings. The second-order valence-corrected chi connectivity index (χ2v) is 12.3. The summed E-state index contributed by atoms with van der Waals surface area (Å²) in [5.41, 5.74) is 12.2. The average molecular weight is 748 g/mol. The van der Waals surface area contributed by atoms with Crippen LogP contribution >= 0.6 is 23.3 Å². The smallest absolute Gasteiger partial charge is 0.159 e. The van der Waals surface area contributed by atoms with Crippen molar-refractivity contribution < 1.29 is 5.48 Å². The Hall–Kier alpha value is -5.64. The van der Waals surface area contributed by atoms with Crippen LogP contribution in [0.2, 0.25) is 0 Å². The highest BCUT2D eigenvalue weighted by molar-refractivity contribution is 8.59. The topological polar surface area (TPSA) is 91.5 Å². The van der Waals surface area contributed by atoms with Crippen molar-refractivity contribution in [3.63, 3.8) is 0 Å². The van der Waals surface area contributed by atoms with Gasteiger partial charge in [0, 0.05) is 39.6 Å². The standard InChI is InChI=1S/C44H35N5.C2H6.H2O.H2S2/c1-30(27-31(2)36-22-14-24-41(36)49(45)35-19-10-5-11-20-35)34-25-26-40-38(28-34)37-21-12-13-23-39(37)48(40)42-29-46-44(33-17-8-4-9-18-33)47-43(42)32-15-6-3-7-16-32;1-2;;1-2/h3-23,25-29H,2,24,45H2,1H3;1-2H3;1H2;1-2H/b30-27+;;;. The van der Waals surface area contributed by atoms with Gasteiger partial charge in [-0.15, -0.1) is 23.3 Å². The summed E-state index contributed by atoms with van der Waals surface area (Å²) < 4.78 is 2.29. The van der Waals surface area contributed by atoms with E-state index in [0.717, 1.165) is 79.0 Å². The lowest BCUT2D eigenvalue weighted by molar-refractivity contribution is 0.824. The fraction of sp³-hybridized carbons (Fsp3) is 0.0870. The predicted octanol–water partition coefficient (Wildman–Crippen LogP) is 11.4. The second kappa shape index (κ2) is 18.4. The molecule has 2 heterocycles. The first-order valence-electron chi connectivity index (χ1n) is 17.7. The van der Waals surface area contributed by atoms with Gasteiger partial charge in [0.15, 0.2) is 5.82 Å². The Kier molecular flexibility index (Phi) is 13.5. The molecule has 2 aromatic heterocycles. The van der Waals surface area contributed by atoms with Crippen molar-refractivity contribution in [2.45, 2.75) is 27.2 Å². The van der Waals surface area contributed by atoms with Crippen LogP contribution in [0.3, 0.4) is 0 Å². The summed E-state index contributed by atoms with van der Waals surface area (Å²) in [6.07, 6.45) is 9.15. The van der Waals surface area contributed by atoms with E-state index >= 15 is 0 Å². The van der Waals surface area contributed by atoms with Crippen molar-refractivity contribution in [3.8, 4) is 28.3 Å². The third-order valence-corrected chi connectivity index (χ3v) is 9.19. The Balaban J connectivity index is 0.00000109. The maximum Gasteiger partial charge on any atom is 0.159 e. The normalized spacial score (nSPS) is 12.1. The number of anilines is 1. The average Bonchev–Trinajstić information content (AvgIpc) is 3.86. The van der Waals surface area contributed by atoms with E-state index in [-0.39, 0.29) is 5.48 Å². The maximum atomic E-state index is 6.58. The van der Waals surface area contributed by atoms with Crippen LogP contribution in [0.15, 0.2) is 181 Å². The van der Waals surface area contributed by atoms with Gasteiger partial charge in [-0.25, -0.2) is 15.8 Å². The number of hydrogen-bond donors (Lipinski definition) is 3. The minimum Gasteiger partial charge on any atom is -0.412 e. The fourth-order valence-corrected chi connectivity index (χ4v) is 6.73. The Morgan fingerprint density at radius 3 is 2.06 bits per heavy atom. The van der Waals surface area contributed by atoms with Gasteiger partial charge in [0.2, 0.25) is 0 Å². The van der Waals surface area contributed by atoms with Gasteiger partial charge in [-0.1, -0.05) is 142 Å². The van der Waals surface area contributed by atoms with E-state index in [1.165, 1.54) is 5.39 Å². The van der Waals surface area contributed by atoms with E-state index in [4.69, 9.17) is 15.8 Å². The van der Waals surface area contributed by atoms with Crippen LogP contribution in [0.4, 0.5) is 5.69 Å². The molecule has 5 aromatic carbocycles. The van der Waals surface area contributed by atoms with Crippen LogP contribution in [0.1, 0.15) is 32.8 Å². The molecule has 8 heteroatoms. The van der Waals surface area contributed by atoms with Gasteiger partial charge in [-0.05, 0) is 54.0 Å². The molecular weight excluding hydrogens is 703 g/mol. The SMILES string of the molecule is C=C(/C=C(\C)c1ccc2c(c1)c1ccccc1n2-c1cnc(-c2ccccc2)nc1-c1ccccc1)C1=C(N(N)c2ccccc2)CC=C1.CC.O.SS. The van der Waals surface area contributed by atoms with Gasteiger partial charge < -0.3 is 10.0 Å². The summed E-state index contributed by atoms with van der Waals surface area (Å²) in [4.78, 5) is 10.0. The molecule has 0 bridgehead atoms. The molecular formula is C46H45N5OS2. The molecule has 0 aliphatic heterocycles. The third kappa shape index (κ3) is 7.98. The van der Waals surface area contributed by atoms with Crippen LogP contribution in [0.5, 0.6) is 0 Å². The Bertz CT molecular complexity index is 2450. The Morgan fingerprint density at radius 2 is 1.37 bits per heavy atom. The number of hydrogen-bond acceptors (Lipinski definition) is 6. The highest BCUT2D eigenvalue weighted by atomic mass is 33.1. The molecule has 4 N–H and O–H groups in total. The van der Waals surface area contributed by atoms with Crippen LogP contribution in [-0.4, -0.2) is 20.0 Å². The molecule has 0 saturated carbocycles. The van der Waals surface area contributed by atoms with Gasteiger partial charge in [0.1, 0.15) is 0 Å². The number of nitrogens with zero attached hydrogens (tertiary/aromatic N) is 4. The minimum atomic E-state index is 0. The van der Waals surface area contributed by atoms with E-state index in [0.29, 0.717) is 5.82 Å². The molecule has 6 nitrogen and oxygen atoms in total. The summed E-state index contributed by atoms with van der Waals surface area (Å²) in [6, 6.07) is 45.8. The van der Waals surface area contributed by atoms with Crippen LogP contribution in [-0.2, 0) is 0 Å². The first-order chi connectivity index (χ1) is 26.1. The zero-order valence-electron chi connectivity index (χ0n) is 30.7. The molecule has 1 aliphatic carbocycles. The number of thiol groups is 2. The van der Waals surface area contributed by atoms with Crippen molar-refractivity contribution in [3.05, 3.63) is 187 Å². The summed E-state index contributed by atoms with van der Waals surface area (Å²) >= 11 is 6.44. The van der Waals surface area contributed by atoms with Gasteiger partial charge in [-0.2, -0.15) is 0 Å². The number of rotatable bonds is 8. The lowest BCUT2D eigenvalue weighted by Crippen LogP contribution is -2.30. The van der Waals surface area contributed by atoms with E-state index in [2.05, 4.69) is 126 Å². The molecule has 54 heavy (non-hydrogen) atoms. The summed E-state index contributed by atoms with van der Waals surface area (Å²) in [5.74, 6) is 7.28. The summed E-state index contributed by atoms with van der Waals surface area (Å²) in [5, 5.41) is 4.10. The highest BCUT2D eigenvalue weighted by Gasteiger charge is 2.20. The van der Waals surface area contributed by atoms with Crippen LogP contribution in [0.25, 0.3) is 55.7 Å². The monoisotopic (exact) mass is 747 g/mol. The van der Waals surface area contributed by atoms with Crippen molar-refractivity contribution in [1.29, 1.82) is 0 Å². The molecule has 0 saturated heterocycles. The minimum absolute atomic E-state index is 0. The highest BCUT2D eigenvalue weighted by Crippen LogP contribution is 2.38. The van der Waals surface area contributed by atoms with Crippen LogP contribution < -0.4 is 10.9 Å². The first-order valence-corrected chi connectivity index (χ1v) is 19.3. The maximum absolute atomic E-state index is 6.58. The molecule has 0 spiro atoms. The van der Waals surface area contributed by atoms with Gasteiger partial charge in [-0.3, -0.25) is 5.01 Å². The van der Waals surface area contributed by atoms with E-state index < -0.39 is 0 Å². The zero-order valence-corrected chi connectivity index (χ0v) is 32.5. The van der Waals surface area contributed by atoms with Gasteiger partial charge in [0.05, 0.1) is 34.3 Å². The molecule has 272 valence electrons. The van der Waals surface area contributed by atoms with Gasteiger partial charge in [0.25, 0.3) is 0 Å². The molecule has 1 aliphatic rings. The van der Waals surface area contributed by atoms with Crippen molar-refractivity contribution >= 4 is 56.4 Å². The molecule has 0 amide bonds. The molecule has 0 radical (unpaired) electrons. The number of para-hydroxylation sites is 2. The fourth-order valence-electron chi connectivity index (χ4n) is 6.73. The number of allylic oxidation sites excluding steroid dienone is 6. The number of aromatic nitrogens is 3. The van der Waals surface area contributed by atoms with Crippen molar-refractivity contribution in [2.24, 2.45) is 5.84 Å². The number of hydrazine groups is 1. The second-order valence-electron chi connectivity index (χ2n) is 12.3. The number of benzene rings is 5. The largest absolute Gasteiger partial charge is 0.412 e. The lowest BCUT2D eigenvalue weighted by atomic mass is 9.99. The predicted molar refractivity (Wildman–Crippen MR) is 237 cm³/mol. The molecule has 0 unspecified atom stereocenters. The number of fused-ring (bicyclic) bond motifs is 3. The van der Waals surface area contributed by atoms with Crippen molar-refractivity contribution in [1.82, 2.24) is 14.5 Å². The summed E-state index contributed by atoms with van der Waals surface area (Å²) in [7, 11) is 0. The molecule has 7 aromatic rings. The van der Waals surface area contributed by atoms with Crippen molar-refractivity contribution in [2.75, 3.05) is 5.01 Å². The van der Waals surface area contributed by atoms with E-state index in [1.54, 1.807) is 5.01 Å². The van der Waals surface area contributed by atoms with Crippen LogP contribution in [0, 0.1) is 0 Å². The van der Waals surface area contributed by atoms with E-state index in [9.17, 15) is 0 Å². The first kappa shape index (κ1) is 39.6. The quantitative estimate of drug-likeness (QED) is 0.0474. The lowest BCUT2D eigenvalue weighted by Gasteiger charge is -2.22. The third-order valence-electron chi connectivity index (χ3n) is 9.19. The van der Waals surface area contributed by atoms with Gasteiger partial charge >= 0.3 is 0 Å². The molecule has 0 atom stereocenters. The molecule has 8 rings (SSSR count). The van der Waals surface area contributed by atoms with E-state index in [1.807, 2.05) is 86.8 Å². The summed E-state index contributed by atoms with van der Waals surface area (Å²) in [6.45, 7) is 10.6.